The zero-order valence-electron chi connectivity index (χ0n) is 12.2. The molecule has 1 heterocycles. The number of aliphatic hydroxyl groups excluding tert-OH is 1. The average Bonchev–Trinajstić information content (AvgIpc) is 2.95. The average molecular weight is 312 g/mol. The van der Waals surface area contributed by atoms with Crippen molar-refractivity contribution in [1.29, 1.82) is 0 Å². The first kappa shape index (κ1) is 16.4. The molecule has 1 aromatic rings. The van der Waals surface area contributed by atoms with Crippen LogP contribution in [0.2, 0.25) is 0 Å². The topological polar surface area (TPSA) is 69.6 Å². The van der Waals surface area contributed by atoms with Crippen molar-refractivity contribution in [3.63, 3.8) is 0 Å². The van der Waals surface area contributed by atoms with E-state index in [1.165, 1.54) is 0 Å². The van der Waals surface area contributed by atoms with Gasteiger partial charge in [0.25, 0.3) is 0 Å². The highest BCUT2D eigenvalue weighted by Gasteiger charge is 2.22. The number of likely N-dealkylation sites (tertiary alicyclic amines) is 1. The van der Waals surface area contributed by atoms with Gasteiger partial charge < -0.3 is 5.11 Å². The lowest BCUT2D eigenvalue weighted by Gasteiger charge is -2.22. The molecular formula is C15H24N2O3S. The molecule has 0 aromatic heterocycles. The molecule has 1 unspecified atom stereocenters. The molecular weight excluding hydrogens is 288 g/mol. The van der Waals surface area contributed by atoms with E-state index in [1.807, 2.05) is 0 Å². The van der Waals surface area contributed by atoms with Gasteiger partial charge >= 0.3 is 0 Å². The molecule has 1 fully saturated rings. The fraction of sp³-hybridized carbons (Fsp3) is 0.600. The highest BCUT2D eigenvalue weighted by atomic mass is 32.2. The maximum Gasteiger partial charge on any atom is 0.240 e. The van der Waals surface area contributed by atoms with E-state index in [1.54, 1.807) is 30.3 Å². The number of nitrogens with zero attached hydrogens (tertiary/aromatic N) is 1. The summed E-state index contributed by atoms with van der Waals surface area (Å²) < 4.78 is 26.6. The summed E-state index contributed by atoms with van der Waals surface area (Å²) in [7, 11) is -3.38. The first-order valence-electron chi connectivity index (χ1n) is 7.53. The summed E-state index contributed by atoms with van der Waals surface area (Å²) in [6, 6.07) is 8.73. The second kappa shape index (κ2) is 7.89. The van der Waals surface area contributed by atoms with Crippen LogP contribution in [-0.4, -0.2) is 50.7 Å². The van der Waals surface area contributed by atoms with Gasteiger partial charge in [0.1, 0.15) is 0 Å². The summed E-state index contributed by atoms with van der Waals surface area (Å²) in [6.45, 7) is 2.65. The van der Waals surface area contributed by atoms with Crippen LogP contribution in [-0.2, 0) is 10.0 Å². The number of unbranched alkanes of at least 4 members (excludes halogenated alkanes) is 1. The summed E-state index contributed by atoms with van der Waals surface area (Å²) in [4.78, 5) is 2.61. The fourth-order valence-electron chi connectivity index (χ4n) is 2.73. The monoisotopic (exact) mass is 312 g/mol. The molecule has 0 radical (unpaired) electrons. The third kappa shape index (κ3) is 4.78. The molecule has 2 rings (SSSR count). The Morgan fingerprint density at radius 1 is 1.24 bits per heavy atom. The van der Waals surface area contributed by atoms with Gasteiger partial charge in [0.05, 0.1) is 11.5 Å². The molecule has 0 saturated carbocycles. The summed E-state index contributed by atoms with van der Waals surface area (Å²) in [6.07, 6.45) is 3.96. The quantitative estimate of drug-likeness (QED) is 0.708. The van der Waals surface area contributed by atoms with E-state index in [0.717, 1.165) is 38.8 Å². The van der Waals surface area contributed by atoms with E-state index >= 15 is 0 Å². The van der Waals surface area contributed by atoms with Crippen molar-refractivity contribution in [2.75, 3.05) is 26.2 Å². The number of aliphatic hydroxyl groups is 1. The minimum atomic E-state index is -3.38. The van der Waals surface area contributed by atoms with Gasteiger partial charge in [-0.2, -0.15) is 0 Å². The zero-order chi connectivity index (χ0) is 15.1. The Bertz CT molecular complexity index is 519. The second-order valence-electron chi connectivity index (χ2n) is 5.43. The Kier molecular flexibility index (Phi) is 6.17. The molecule has 0 spiro atoms. The predicted octanol–water partition coefficient (Wildman–Crippen LogP) is 1.20. The molecule has 0 bridgehead atoms. The third-order valence-electron chi connectivity index (χ3n) is 3.93. The molecule has 6 heteroatoms. The Labute approximate surface area is 127 Å². The smallest absolute Gasteiger partial charge is 0.240 e. The molecule has 1 saturated heterocycles. The lowest BCUT2D eigenvalue weighted by Crippen LogP contribution is -2.33. The van der Waals surface area contributed by atoms with Crippen LogP contribution < -0.4 is 4.72 Å². The molecule has 0 amide bonds. The number of hydrogen-bond acceptors (Lipinski definition) is 4. The maximum atomic E-state index is 12.0. The van der Waals surface area contributed by atoms with E-state index in [9.17, 15) is 13.5 Å². The predicted molar refractivity (Wildman–Crippen MR) is 82.5 cm³/mol. The summed E-state index contributed by atoms with van der Waals surface area (Å²) in [5.74, 6) is 0. The lowest BCUT2D eigenvalue weighted by molar-refractivity contribution is 0.157. The highest BCUT2D eigenvalue weighted by Crippen LogP contribution is 2.16. The Hall–Kier alpha value is -0.950. The van der Waals surface area contributed by atoms with Crippen molar-refractivity contribution in [2.45, 2.75) is 36.6 Å². The summed E-state index contributed by atoms with van der Waals surface area (Å²) >= 11 is 0. The summed E-state index contributed by atoms with van der Waals surface area (Å²) in [5, 5.41) is 9.24. The van der Waals surface area contributed by atoms with Crippen LogP contribution in [0, 0.1) is 0 Å². The Morgan fingerprint density at radius 3 is 2.71 bits per heavy atom. The van der Waals surface area contributed by atoms with Gasteiger partial charge in [-0.05, 0) is 50.9 Å². The number of hydrogen-bond donors (Lipinski definition) is 2. The van der Waals surface area contributed by atoms with Crippen molar-refractivity contribution in [3.05, 3.63) is 30.3 Å². The van der Waals surface area contributed by atoms with Crippen molar-refractivity contribution in [2.24, 2.45) is 0 Å². The van der Waals surface area contributed by atoms with Crippen LogP contribution in [0.5, 0.6) is 0 Å². The van der Waals surface area contributed by atoms with Gasteiger partial charge in [0.15, 0.2) is 0 Å². The van der Waals surface area contributed by atoms with Crippen molar-refractivity contribution < 1.29 is 13.5 Å². The van der Waals surface area contributed by atoms with Crippen LogP contribution in [0.1, 0.15) is 25.7 Å². The summed E-state index contributed by atoms with van der Waals surface area (Å²) in [5.41, 5.74) is 0. The largest absolute Gasteiger partial charge is 0.395 e. The lowest BCUT2D eigenvalue weighted by atomic mass is 10.2. The van der Waals surface area contributed by atoms with Gasteiger partial charge in [-0.25, -0.2) is 13.1 Å². The minimum absolute atomic E-state index is 0.223. The van der Waals surface area contributed by atoms with Gasteiger partial charge in [-0.15, -0.1) is 0 Å². The van der Waals surface area contributed by atoms with Crippen LogP contribution >= 0.6 is 0 Å². The number of sulfonamides is 1. The van der Waals surface area contributed by atoms with Crippen molar-refractivity contribution in [3.8, 4) is 0 Å². The van der Waals surface area contributed by atoms with Crippen LogP contribution in [0.4, 0.5) is 0 Å². The standard InChI is InChI=1S/C15H24N2O3S/c18-13-14-7-6-12-17(14)11-5-4-10-16-21(19,20)15-8-2-1-3-9-15/h1-3,8-9,14,16,18H,4-7,10-13H2. The number of nitrogens with one attached hydrogen (secondary N) is 1. The van der Waals surface area contributed by atoms with E-state index in [4.69, 9.17) is 0 Å². The molecule has 5 nitrogen and oxygen atoms in total. The molecule has 1 atom stereocenters. The molecule has 1 aliphatic rings. The van der Waals surface area contributed by atoms with Crippen LogP contribution in [0.3, 0.4) is 0 Å². The molecule has 0 aliphatic carbocycles. The SMILES string of the molecule is O=S(=O)(NCCCCN1CCCC1CO)c1ccccc1. The van der Waals surface area contributed by atoms with Gasteiger partial charge in [-0.1, -0.05) is 18.2 Å². The van der Waals surface area contributed by atoms with Gasteiger partial charge in [0.2, 0.25) is 10.0 Å². The fourth-order valence-corrected chi connectivity index (χ4v) is 3.82. The van der Waals surface area contributed by atoms with Crippen LogP contribution in [0.25, 0.3) is 0 Å². The molecule has 118 valence electrons. The van der Waals surface area contributed by atoms with E-state index in [0.29, 0.717) is 17.5 Å². The van der Waals surface area contributed by atoms with Crippen molar-refractivity contribution in [1.82, 2.24) is 9.62 Å². The number of benzene rings is 1. The first-order chi connectivity index (χ1) is 10.1. The molecule has 21 heavy (non-hydrogen) atoms. The molecule has 1 aromatic carbocycles. The van der Waals surface area contributed by atoms with Crippen molar-refractivity contribution >= 4 is 10.0 Å². The number of rotatable bonds is 8. The van der Waals surface area contributed by atoms with Gasteiger partial charge in [0, 0.05) is 12.6 Å². The molecule has 1 aliphatic heterocycles. The Morgan fingerprint density at radius 2 is 2.00 bits per heavy atom. The highest BCUT2D eigenvalue weighted by molar-refractivity contribution is 7.89. The van der Waals surface area contributed by atoms with E-state index in [-0.39, 0.29) is 6.61 Å². The maximum absolute atomic E-state index is 12.0. The van der Waals surface area contributed by atoms with E-state index < -0.39 is 10.0 Å². The molecule has 2 N–H and O–H groups in total. The zero-order valence-corrected chi connectivity index (χ0v) is 13.1. The van der Waals surface area contributed by atoms with E-state index in [2.05, 4.69) is 9.62 Å². The minimum Gasteiger partial charge on any atom is -0.395 e. The van der Waals surface area contributed by atoms with Gasteiger partial charge in [-0.3, -0.25) is 4.90 Å². The normalized spacial score (nSPS) is 20.0. The third-order valence-corrected chi connectivity index (χ3v) is 5.40. The Balaban J connectivity index is 1.68. The second-order valence-corrected chi connectivity index (χ2v) is 7.20. The van der Waals surface area contributed by atoms with Crippen LogP contribution in [0.15, 0.2) is 35.2 Å². The first-order valence-corrected chi connectivity index (χ1v) is 9.01.